The van der Waals surface area contributed by atoms with Crippen molar-refractivity contribution in [3.63, 3.8) is 0 Å². The molecule has 0 spiro atoms. The number of rotatable bonds is 3. The van der Waals surface area contributed by atoms with Gasteiger partial charge in [-0.3, -0.25) is 4.90 Å². The van der Waals surface area contributed by atoms with E-state index in [9.17, 15) is 9.18 Å². The number of ether oxygens (including phenoxy) is 1. The van der Waals surface area contributed by atoms with Gasteiger partial charge in [0.25, 0.3) is 0 Å². The highest BCUT2D eigenvalue weighted by Gasteiger charge is 2.54. The quantitative estimate of drug-likeness (QED) is 0.589. The van der Waals surface area contributed by atoms with Crippen molar-refractivity contribution in [3.8, 4) is 5.75 Å². The Hall–Kier alpha value is -1.93. The molecule has 9 heteroatoms. The zero-order valence-electron chi connectivity index (χ0n) is 17.1. The number of fused-ring (bicyclic) bond motifs is 1. The summed E-state index contributed by atoms with van der Waals surface area (Å²) in [5.41, 5.74) is 0.533. The summed E-state index contributed by atoms with van der Waals surface area (Å²) in [6, 6.07) is 8.03. The number of nitrogens with zero attached hydrogens (tertiary/aromatic N) is 2. The van der Waals surface area contributed by atoms with E-state index >= 15 is 4.48 Å². The fourth-order valence-electron chi connectivity index (χ4n) is 4.37. The first-order valence-corrected chi connectivity index (χ1v) is 11.0. The second-order valence-electron chi connectivity index (χ2n) is 7.95. The summed E-state index contributed by atoms with van der Waals surface area (Å²) in [6.07, 6.45) is 1.75. The average Bonchev–Trinajstić information content (AvgIpc) is 2.76. The Balaban J connectivity index is 1.76. The fourth-order valence-corrected chi connectivity index (χ4v) is 4.77. The van der Waals surface area contributed by atoms with E-state index in [0.29, 0.717) is 18.7 Å². The number of hydrogen-bond donors (Lipinski definition) is 1. The molecule has 166 valence electrons. The number of likely N-dealkylation sites (tertiary alicyclic amines) is 1. The number of quaternary nitrogens is 1. The van der Waals surface area contributed by atoms with Crippen molar-refractivity contribution in [2.45, 2.75) is 31.4 Å². The maximum absolute atomic E-state index is 16.7. The molecule has 3 atom stereocenters. The number of para-hydroxylation sites is 1. The lowest BCUT2D eigenvalue weighted by Crippen LogP contribution is -2.61. The molecule has 0 aromatic heterocycles. The molecule has 0 bridgehead atoms. The van der Waals surface area contributed by atoms with E-state index in [4.69, 9.17) is 27.9 Å². The predicted molar refractivity (Wildman–Crippen MR) is 118 cm³/mol. The van der Waals surface area contributed by atoms with Crippen molar-refractivity contribution >= 4 is 34.9 Å². The highest BCUT2D eigenvalue weighted by Crippen LogP contribution is 2.48. The molecule has 0 radical (unpaired) electrons. The predicted octanol–water partition coefficient (Wildman–Crippen LogP) is 5.65. The van der Waals surface area contributed by atoms with Crippen LogP contribution in [0.5, 0.6) is 5.75 Å². The third-order valence-corrected chi connectivity index (χ3v) is 6.52. The van der Waals surface area contributed by atoms with Gasteiger partial charge in [0.05, 0.1) is 10.0 Å². The summed E-state index contributed by atoms with van der Waals surface area (Å²) in [7, 11) is 1.81. The van der Waals surface area contributed by atoms with E-state index in [2.05, 4.69) is 5.32 Å². The maximum atomic E-state index is 16.7. The van der Waals surface area contributed by atoms with Gasteiger partial charge >= 0.3 is 6.03 Å². The van der Waals surface area contributed by atoms with E-state index < -0.39 is 22.7 Å². The first kappa shape index (κ1) is 22.3. The minimum Gasteiger partial charge on any atom is -0.472 e. The number of hydrogen-bond acceptors (Lipinski definition) is 3. The molecular formula is C22H24Cl2F2N3O2+. The Morgan fingerprint density at radius 3 is 2.81 bits per heavy atom. The monoisotopic (exact) mass is 470 g/mol. The third kappa shape index (κ3) is 4.12. The lowest BCUT2D eigenvalue weighted by Gasteiger charge is -2.40. The minimum atomic E-state index is -1.48. The van der Waals surface area contributed by atoms with Crippen molar-refractivity contribution in [2.75, 3.05) is 26.7 Å². The van der Waals surface area contributed by atoms with Gasteiger partial charge in [0.15, 0.2) is 12.6 Å². The Kier molecular flexibility index (Phi) is 6.40. The molecule has 0 saturated carbocycles. The van der Waals surface area contributed by atoms with Crippen LogP contribution >= 0.6 is 23.2 Å². The van der Waals surface area contributed by atoms with Gasteiger partial charge in [0.2, 0.25) is 11.4 Å². The highest BCUT2D eigenvalue weighted by atomic mass is 35.5. The smallest absolute Gasteiger partial charge is 0.463 e. The summed E-state index contributed by atoms with van der Waals surface area (Å²) in [6.45, 7) is 0.761. The van der Waals surface area contributed by atoms with Gasteiger partial charge in [-0.2, -0.15) is 0 Å². The van der Waals surface area contributed by atoms with Gasteiger partial charge in [-0.05, 0) is 54.8 Å². The molecule has 1 fully saturated rings. The van der Waals surface area contributed by atoms with Crippen LogP contribution in [0.2, 0.25) is 10.0 Å². The summed E-state index contributed by atoms with van der Waals surface area (Å²) in [4.78, 5) is 15.3. The zero-order chi connectivity index (χ0) is 22.2. The average molecular weight is 471 g/mol. The van der Waals surface area contributed by atoms with Crippen LogP contribution in [0.4, 0.5) is 19.4 Å². The van der Waals surface area contributed by atoms with Gasteiger partial charge in [0, 0.05) is 29.7 Å². The molecule has 3 unspecified atom stereocenters. The van der Waals surface area contributed by atoms with Crippen molar-refractivity contribution in [1.82, 2.24) is 14.9 Å². The lowest BCUT2D eigenvalue weighted by atomic mass is 10.0. The maximum Gasteiger partial charge on any atom is 0.463 e. The van der Waals surface area contributed by atoms with E-state index in [-0.39, 0.29) is 34.1 Å². The van der Waals surface area contributed by atoms with Crippen LogP contribution in [0.1, 0.15) is 30.9 Å². The van der Waals surface area contributed by atoms with Crippen molar-refractivity contribution in [1.29, 1.82) is 0 Å². The van der Waals surface area contributed by atoms with Crippen LogP contribution in [-0.2, 0) is 0 Å². The number of nitrogens with one attached hydrogen (secondary N) is 1. The second kappa shape index (κ2) is 8.90. The summed E-state index contributed by atoms with van der Waals surface area (Å²) in [5.74, 6) is -0.473. The van der Waals surface area contributed by atoms with E-state index in [0.717, 1.165) is 19.3 Å². The van der Waals surface area contributed by atoms with E-state index in [1.807, 2.05) is 7.05 Å². The molecule has 5 nitrogen and oxygen atoms in total. The standard InChI is InChI=1S/C22H24Cl2F2N3O2/c1-27-12-15-5-2-3-10-28(15)22(30)29(26)13-20(14-8-9-18(25)17(24)11-14)31-21-16(23)6-4-7-19(21)29/h4,6-9,11,15,20,27H,2-3,5,10,12-13H2,1H3/q+1. The van der Waals surface area contributed by atoms with Gasteiger partial charge in [0.1, 0.15) is 5.82 Å². The number of carbonyl (C=O) groups excluding carboxylic acids is 1. The number of amides is 2. The Labute approximate surface area is 190 Å². The van der Waals surface area contributed by atoms with Gasteiger partial charge in [-0.25, -0.2) is 9.18 Å². The minimum absolute atomic E-state index is 0.0655. The van der Waals surface area contributed by atoms with Crippen molar-refractivity contribution in [2.24, 2.45) is 0 Å². The molecular weight excluding hydrogens is 447 g/mol. The highest BCUT2D eigenvalue weighted by molar-refractivity contribution is 6.32. The molecule has 2 aliphatic heterocycles. The Bertz CT molecular complexity index is 991. The van der Waals surface area contributed by atoms with Crippen LogP contribution in [0, 0.1) is 5.82 Å². The molecule has 0 aliphatic carbocycles. The first-order valence-electron chi connectivity index (χ1n) is 10.3. The summed E-state index contributed by atoms with van der Waals surface area (Å²) in [5, 5.41) is 3.20. The number of benzene rings is 2. The number of urea groups is 1. The topological polar surface area (TPSA) is 41.6 Å². The normalized spacial score (nSPS) is 25.6. The van der Waals surface area contributed by atoms with Gasteiger partial charge < -0.3 is 10.1 Å². The Morgan fingerprint density at radius 2 is 2.06 bits per heavy atom. The van der Waals surface area contributed by atoms with Gasteiger partial charge in [-0.15, -0.1) is 0 Å². The third-order valence-electron chi connectivity index (χ3n) is 5.94. The molecule has 31 heavy (non-hydrogen) atoms. The van der Waals surface area contributed by atoms with Gasteiger partial charge in [-0.1, -0.05) is 35.3 Å². The van der Waals surface area contributed by atoms with Crippen LogP contribution < -0.4 is 14.8 Å². The molecule has 1 saturated heterocycles. The first-order chi connectivity index (χ1) is 14.8. The van der Waals surface area contributed by atoms with Crippen LogP contribution in [0.3, 0.4) is 0 Å². The number of likely N-dealkylation sites (N-methyl/N-ethyl adjacent to an activating group) is 1. The molecule has 2 aromatic carbocycles. The molecule has 1 N–H and O–H groups in total. The van der Waals surface area contributed by atoms with E-state index in [1.54, 1.807) is 17.0 Å². The second-order valence-corrected chi connectivity index (χ2v) is 8.76. The van der Waals surface area contributed by atoms with Crippen LogP contribution in [0.15, 0.2) is 36.4 Å². The number of piperidine rings is 1. The molecule has 2 heterocycles. The van der Waals surface area contributed by atoms with Crippen LogP contribution in [-0.4, -0.2) is 43.7 Å². The molecule has 2 aromatic rings. The molecule has 2 aliphatic rings. The zero-order valence-corrected chi connectivity index (χ0v) is 18.6. The fraction of sp³-hybridized carbons (Fsp3) is 0.409. The summed E-state index contributed by atoms with van der Waals surface area (Å²) < 4.78 is 34.9. The van der Waals surface area contributed by atoms with E-state index in [1.165, 1.54) is 24.3 Å². The lowest BCUT2D eigenvalue weighted by molar-refractivity contribution is -0.0125. The largest absolute Gasteiger partial charge is 0.472 e. The molecule has 4 rings (SSSR count). The van der Waals surface area contributed by atoms with Crippen molar-refractivity contribution < 1.29 is 18.4 Å². The molecule has 2 amide bonds. The number of halogens is 4. The van der Waals surface area contributed by atoms with Crippen molar-refractivity contribution in [3.05, 3.63) is 57.8 Å². The Morgan fingerprint density at radius 1 is 1.26 bits per heavy atom. The van der Waals surface area contributed by atoms with Crippen LogP contribution in [0.25, 0.3) is 0 Å². The summed E-state index contributed by atoms with van der Waals surface area (Å²) >= 11 is 12.3. The number of carbonyl (C=O) groups is 1. The SMILES string of the molecule is CNCC1CCCCN1C(=O)[N+]1(F)CC(c2ccc(F)c(Cl)c2)Oc2c(Cl)cccc21.